The van der Waals surface area contributed by atoms with Gasteiger partial charge in [0.2, 0.25) is 0 Å². The Bertz CT molecular complexity index is 556. The van der Waals surface area contributed by atoms with E-state index in [2.05, 4.69) is 22.9 Å². The second-order valence-corrected chi connectivity index (χ2v) is 6.73. The molecule has 0 bridgehead atoms. The first kappa shape index (κ1) is 17.1. The van der Waals surface area contributed by atoms with E-state index >= 15 is 0 Å². The molecule has 0 radical (unpaired) electrons. The minimum absolute atomic E-state index is 0.365. The van der Waals surface area contributed by atoms with E-state index in [-0.39, 0.29) is 0 Å². The number of aliphatic imine (C=N–C) groups is 1. The summed E-state index contributed by atoms with van der Waals surface area (Å²) < 4.78 is 7.01. The van der Waals surface area contributed by atoms with Gasteiger partial charge in [0.25, 0.3) is 0 Å². The van der Waals surface area contributed by atoms with Crippen molar-refractivity contribution in [1.82, 2.24) is 0 Å². The summed E-state index contributed by atoms with van der Waals surface area (Å²) in [6, 6.07) is 6.02. The monoisotopic (exact) mass is 364 g/mol. The van der Waals surface area contributed by atoms with Crippen LogP contribution in [-0.4, -0.2) is 11.8 Å². The number of hydrogen-bond acceptors (Lipinski definition) is 3. The molecule has 3 nitrogen and oxygen atoms in total. The predicted octanol–water partition coefficient (Wildman–Crippen LogP) is 5.51. The first-order valence-electron chi connectivity index (χ1n) is 8.06. The zero-order valence-electron chi connectivity index (χ0n) is 13.4. The number of nitrogens with zero attached hydrogens (tertiary/aromatic N) is 1. The Morgan fingerprint density at radius 3 is 2.73 bits per heavy atom. The van der Waals surface area contributed by atoms with Crippen LogP contribution in [-0.2, 0) is 0 Å². The minimum atomic E-state index is 0.365. The summed E-state index contributed by atoms with van der Waals surface area (Å²) in [6.07, 6.45) is 9.15. The van der Waals surface area contributed by atoms with Crippen LogP contribution in [0.3, 0.4) is 0 Å². The summed E-state index contributed by atoms with van der Waals surface area (Å²) in [4.78, 5) is 4.70. The van der Waals surface area contributed by atoms with Gasteiger partial charge in [0.05, 0.1) is 16.3 Å². The summed E-state index contributed by atoms with van der Waals surface area (Å²) in [5, 5.41) is 0. The Morgan fingerprint density at radius 2 is 2.14 bits per heavy atom. The van der Waals surface area contributed by atoms with Gasteiger partial charge in [-0.05, 0) is 79.2 Å². The number of benzene rings is 1. The van der Waals surface area contributed by atoms with E-state index < -0.39 is 0 Å². The van der Waals surface area contributed by atoms with Crippen molar-refractivity contribution in [3.63, 3.8) is 0 Å². The maximum Gasteiger partial charge on any atom is 0.134 e. The van der Waals surface area contributed by atoms with Crippen molar-refractivity contribution in [2.24, 2.45) is 10.7 Å². The molecule has 120 valence electrons. The van der Waals surface area contributed by atoms with Crippen LogP contribution in [0.1, 0.15) is 52.4 Å². The lowest BCUT2D eigenvalue weighted by atomic mass is 10.2. The molecule has 1 fully saturated rings. The van der Waals surface area contributed by atoms with Gasteiger partial charge in [0.15, 0.2) is 0 Å². The first-order valence-corrected chi connectivity index (χ1v) is 8.85. The molecule has 0 aliphatic heterocycles. The van der Waals surface area contributed by atoms with Crippen LogP contribution in [0.2, 0.25) is 0 Å². The van der Waals surface area contributed by atoms with E-state index in [4.69, 9.17) is 15.5 Å². The SMILES string of the molecule is CCCC(/C=C(/C)N)=Nc1ccc(OC2CCCC2)c(Br)c1. The highest BCUT2D eigenvalue weighted by molar-refractivity contribution is 9.10. The molecule has 22 heavy (non-hydrogen) atoms. The Hall–Kier alpha value is -1.29. The molecule has 1 aromatic carbocycles. The van der Waals surface area contributed by atoms with E-state index in [0.29, 0.717) is 6.10 Å². The van der Waals surface area contributed by atoms with Crippen LogP contribution in [0, 0.1) is 0 Å². The van der Waals surface area contributed by atoms with Gasteiger partial charge in [-0.3, -0.25) is 4.99 Å². The maximum atomic E-state index is 6.05. The highest BCUT2D eigenvalue weighted by atomic mass is 79.9. The molecule has 0 saturated heterocycles. The van der Waals surface area contributed by atoms with Crippen molar-refractivity contribution < 1.29 is 4.74 Å². The number of allylic oxidation sites excluding steroid dienone is 2. The molecule has 0 heterocycles. The fourth-order valence-electron chi connectivity index (χ4n) is 2.69. The zero-order chi connectivity index (χ0) is 15.9. The molecule has 0 atom stereocenters. The average molecular weight is 365 g/mol. The number of rotatable bonds is 6. The van der Waals surface area contributed by atoms with Gasteiger partial charge in [-0.1, -0.05) is 13.3 Å². The van der Waals surface area contributed by atoms with Crippen LogP contribution in [0.4, 0.5) is 5.69 Å². The molecular formula is C18H25BrN2O. The topological polar surface area (TPSA) is 47.6 Å². The van der Waals surface area contributed by atoms with Crippen molar-refractivity contribution >= 4 is 27.3 Å². The normalized spacial score (nSPS) is 17.0. The third-order valence-corrected chi connectivity index (χ3v) is 4.30. The van der Waals surface area contributed by atoms with Crippen molar-refractivity contribution in [2.75, 3.05) is 0 Å². The van der Waals surface area contributed by atoms with E-state index in [1.807, 2.05) is 31.2 Å². The summed E-state index contributed by atoms with van der Waals surface area (Å²) in [6.45, 7) is 4.03. The molecule has 1 aromatic rings. The summed E-state index contributed by atoms with van der Waals surface area (Å²) in [7, 11) is 0. The third-order valence-electron chi connectivity index (χ3n) is 3.68. The number of ether oxygens (including phenoxy) is 1. The minimum Gasteiger partial charge on any atom is -0.489 e. The highest BCUT2D eigenvalue weighted by Gasteiger charge is 2.17. The summed E-state index contributed by atoms with van der Waals surface area (Å²) in [5.41, 5.74) is 8.49. The van der Waals surface area contributed by atoms with Crippen LogP contribution in [0.25, 0.3) is 0 Å². The van der Waals surface area contributed by atoms with Gasteiger partial charge in [-0.25, -0.2) is 0 Å². The highest BCUT2D eigenvalue weighted by Crippen LogP contribution is 2.33. The number of halogens is 1. The number of nitrogens with two attached hydrogens (primary N) is 1. The van der Waals surface area contributed by atoms with Gasteiger partial charge < -0.3 is 10.5 Å². The Labute approximate surface area is 141 Å². The van der Waals surface area contributed by atoms with E-state index in [1.54, 1.807) is 0 Å². The molecule has 1 aliphatic carbocycles. The molecular weight excluding hydrogens is 340 g/mol. The van der Waals surface area contributed by atoms with E-state index in [9.17, 15) is 0 Å². The zero-order valence-corrected chi connectivity index (χ0v) is 15.0. The smallest absolute Gasteiger partial charge is 0.134 e. The molecule has 1 saturated carbocycles. The van der Waals surface area contributed by atoms with E-state index in [0.717, 1.165) is 53.0 Å². The predicted molar refractivity (Wildman–Crippen MR) is 97.0 cm³/mol. The second-order valence-electron chi connectivity index (χ2n) is 5.88. The fraction of sp³-hybridized carbons (Fsp3) is 0.500. The molecule has 0 aromatic heterocycles. The number of hydrogen-bond donors (Lipinski definition) is 1. The first-order chi connectivity index (χ1) is 10.6. The molecule has 4 heteroatoms. The van der Waals surface area contributed by atoms with Gasteiger partial charge >= 0.3 is 0 Å². The Kier molecular flexibility index (Phi) is 6.49. The Balaban J connectivity index is 2.14. The molecule has 0 unspecified atom stereocenters. The van der Waals surface area contributed by atoms with Crippen molar-refractivity contribution in [2.45, 2.75) is 58.5 Å². The van der Waals surface area contributed by atoms with Gasteiger partial charge in [0, 0.05) is 11.4 Å². The van der Waals surface area contributed by atoms with Gasteiger partial charge in [-0.15, -0.1) is 0 Å². The lowest BCUT2D eigenvalue weighted by Crippen LogP contribution is -2.11. The summed E-state index contributed by atoms with van der Waals surface area (Å²) >= 11 is 3.60. The quantitative estimate of drug-likeness (QED) is 0.676. The van der Waals surface area contributed by atoms with Crippen molar-refractivity contribution in [1.29, 1.82) is 0 Å². The van der Waals surface area contributed by atoms with Crippen LogP contribution >= 0.6 is 15.9 Å². The Morgan fingerprint density at radius 1 is 1.41 bits per heavy atom. The molecule has 1 aliphatic rings. The lowest BCUT2D eigenvalue weighted by Gasteiger charge is -2.14. The van der Waals surface area contributed by atoms with Gasteiger partial charge in [-0.2, -0.15) is 0 Å². The third kappa shape index (κ3) is 5.16. The standard InChI is InChI=1S/C18H25BrN2O/c1-3-6-14(11-13(2)20)21-15-9-10-18(17(19)12-15)22-16-7-4-5-8-16/h9-12,16H,3-8,20H2,1-2H3/b13-11-,21-14?. The van der Waals surface area contributed by atoms with Crippen molar-refractivity contribution in [3.8, 4) is 5.75 Å². The van der Waals surface area contributed by atoms with Crippen LogP contribution in [0.5, 0.6) is 5.75 Å². The van der Waals surface area contributed by atoms with Crippen molar-refractivity contribution in [3.05, 3.63) is 34.4 Å². The molecule has 0 spiro atoms. The maximum absolute atomic E-state index is 6.05. The lowest BCUT2D eigenvalue weighted by molar-refractivity contribution is 0.208. The van der Waals surface area contributed by atoms with Crippen LogP contribution < -0.4 is 10.5 Å². The van der Waals surface area contributed by atoms with Crippen LogP contribution in [0.15, 0.2) is 39.4 Å². The van der Waals surface area contributed by atoms with Gasteiger partial charge in [0.1, 0.15) is 5.75 Å². The fourth-order valence-corrected chi connectivity index (χ4v) is 3.15. The second kappa shape index (κ2) is 8.37. The largest absolute Gasteiger partial charge is 0.489 e. The van der Waals surface area contributed by atoms with E-state index in [1.165, 1.54) is 12.8 Å². The average Bonchev–Trinajstić information content (AvgIpc) is 2.94. The molecule has 0 amide bonds. The molecule has 2 rings (SSSR count). The summed E-state index contributed by atoms with van der Waals surface area (Å²) in [5.74, 6) is 0.911. The molecule has 2 N–H and O–H groups in total.